The van der Waals surface area contributed by atoms with Crippen molar-refractivity contribution in [3.63, 3.8) is 0 Å². The normalized spacial score (nSPS) is 16.1. The van der Waals surface area contributed by atoms with E-state index in [0.717, 1.165) is 22.0 Å². The van der Waals surface area contributed by atoms with Crippen molar-refractivity contribution in [2.24, 2.45) is 0 Å². The van der Waals surface area contributed by atoms with E-state index in [1.54, 1.807) is 18.1 Å². The van der Waals surface area contributed by atoms with Gasteiger partial charge in [-0.15, -0.1) is 10.2 Å². The van der Waals surface area contributed by atoms with E-state index in [0.29, 0.717) is 23.7 Å². The molecule has 3 aromatic rings. The summed E-state index contributed by atoms with van der Waals surface area (Å²) in [5.41, 5.74) is 2.33. The Labute approximate surface area is 172 Å². The number of benzene rings is 2. The number of anilines is 2. The van der Waals surface area contributed by atoms with Gasteiger partial charge in [0.15, 0.2) is 0 Å². The average molecular weight is 408 g/mol. The maximum absolute atomic E-state index is 12.5. The molecule has 1 aliphatic heterocycles. The van der Waals surface area contributed by atoms with E-state index in [4.69, 9.17) is 4.74 Å². The van der Waals surface area contributed by atoms with Crippen molar-refractivity contribution in [3.05, 3.63) is 64.7 Å². The molecule has 1 saturated heterocycles. The van der Waals surface area contributed by atoms with Crippen molar-refractivity contribution in [3.8, 4) is 5.75 Å². The van der Waals surface area contributed by atoms with Crippen LogP contribution in [0.1, 0.15) is 33.3 Å². The first kappa shape index (κ1) is 19.1. The third-order valence-electron chi connectivity index (χ3n) is 4.91. The molecule has 0 bridgehead atoms. The van der Waals surface area contributed by atoms with Gasteiger partial charge in [-0.1, -0.05) is 29.5 Å². The number of methoxy groups -OCH3 is 1. The molecule has 2 heterocycles. The van der Waals surface area contributed by atoms with Crippen LogP contribution >= 0.6 is 11.3 Å². The number of hydrogen-bond donors (Lipinski definition) is 1. The Hall–Kier alpha value is -3.26. The number of carbonyl (C=O) groups is 2. The minimum absolute atomic E-state index is 0.0425. The fourth-order valence-corrected chi connectivity index (χ4v) is 4.16. The summed E-state index contributed by atoms with van der Waals surface area (Å²) in [4.78, 5) is 26.7. The van der Waals surface area contributed by atoms with Crippen LogP contribution in [0.5, 0.6) is 5.75 Å². The van der Waals surface area contributed by atoms with Crippen molar-refractivity contribution < 1.29 is 14.3 Å². The van der Waals surface area contributed by atoms with Gasteiger partial charge >= 0.3 is 0 Å². The predicted octanol–water partition coefficient (Wildman–Crippen LogP) is 3.63. The molecule has 0 saturated carbocycles. The second-order valence-electron chi connectivity index (χ2n) is 6.82. The maximum Gasteiger partial charge on any atom is 0.257 e. The summed E-state index contributed by atoms with van der Waals surface area (Å²) in [5.74, 6) is 0.523. The Morgan fingerprint density at radius 3 is 2.66 bits per heavy atom. The lowest BCUT2D eigenvalue weighted by molar-refractivity contribution is -0.117. The van der Waals surface area contributed by atoms with Crippen molar-refractivity contribution in [2.75, 3.05) is 23.9 Å². The third kappa shape index (κ3) is 3.97. The Bertz CT molecular complexity index is 1050. The molecule has 4 rings (SSSR count). The third-order valence-corrected chi connectivity index (χ3v) is 5.91. The van der Waals surface area contributed by atoms with Gasteiger partial charge in [0.2, 0.25) is 11.0 Å². The summed E-state index contributed by atoms with van der Waals surface area (Å²) < 4.78 is 5.17. The quantitative estimate of drug-likeness (QED) is 0.697. The second-order valence-corrected chi connectivity index (χ2v) is 7.83. The molecule has 2 amide bonds. The molecule has 0 aliphatic carbocycles. The van der Waals surface area contributed by atoms with Gasteiger partial charge in [-0.05, 0) is 42.8 Å². The van der Waals surface area contributed by atoms with Gasteiger partial charge in [-0.25, -0.2) is 0 Å². The number of nitrogens with one attached hydrogen (secondary N) is 1. The first-order chi connectivity index (χ1) is 14.0. The molecule has 1 aromatic heterocycles. The highest BCUT2D eigenvalue weighted by molar-refractivity contribution is 7.15. The minimum atomic E-state index is -0.215. The van der Waals surface area contributed by atoms with Crippen LogP contribution < -0.4 is 15.0 Å². The number of ether oxygens (including phenoxy) is 1. The fourth-order valence-electron chi connectivity index (χ4n) is 3.33. The molecule has 1 atom stereocenters. The number of nitrogens with zero attached hydrogens (tertiary/aromatic N) is 3. The largest absolute Gasteiger partial charge is 0.497 e. The number of rotatable bonds is 5. The topological polar surface area (TPSA) is 84.4 Å². The van der Waals surface area contributed by atoms with Crippen LogP contribution in [-0.4, -0.2) is 35.7 Å². The smallest absolute Gasteiger partial charge is 0.257 e. The number of carbonyl (C=O) groups excluding carboxylic acids is 2. The molecule has 0 spiro atoms. The van der Waals surface area contributed by atoms with Crippen LogP contribution in [-0.2, 0) is 4.79 Å². The van der Waals surface area contributed by atoms with E-state index < -0.39 is 0 Å². The lowest BCUT2D eigenvalue weighted by atomic mass is 10.1. The molecule has 1 aliphatic rings. The average Bonchev–Trinajstić information content (AvgIpc) is 3.35. The van der Waals surface area contributed by atoms with E-state index in [-0.39, 0.29) is 17.7 Å². The molecule has 7 nitrogen and oxygen atoms in total. The molecular weight excluding hydrogens is 388 g/mol. The monoisotopic (exact) mass is 408 g/mol. The maximum atomic E-state index is 12.5. The summed E-state index contributed by atoms with van der Waals surface area (Å²) in [5, 5.41) is 12.3. The lowest BCUT2D eigenvalue weighted by Gasteiger charge is -2.16. The summed E-state index contributed by atoms with van der Waals surface area (Å²) in [6, 6.07) is 14.8. The summed E-state index contributed by atoms with van der Waals surface area (Å²) in [7, 11) is 1.61. The fraction of sp³-hybridized carbons (Fsp3) is 0.238. The molecule has 1 unspecified atom stereocenters. The number of aromatic nitrogens is 2. The zero-order valence-corrected chi connectivity index (χ0v) is 16.9. The van der Waals surface area contributed by atoms with E-state index in [2.05, 4.69) is 15.5 Å². The van der Waals surface area contributed by atoms with Crippen molar-refractivity contribution in [1.82, 2.24) is 10.2 Å². The van der Waals surface area contributed by atoms with E-state index >= 15 is 0 Å². The van der Waals surface area contributed by atoms with Crippen LogP contribution in [0.3, 0.4) is 0 Å². The molecule has 1 N–H and O–H groups in total. The van der Waals surface area contributed by atoms with Gasteiger partial charge in [-0.2, -0.15) is 0 Å². The highest BCUT2D eigenvalue weighted by Crippen LogP contribution is 2.34. The van der Waals surface area contributed by atoms with Crippen LogP contribution in [0.25, 0.3) is 0 Å². The molecular formula is C21H20N4O3S. The number of aryl methyl sites for hydroxylation is 1. The zero-order valence-electron chi connectivity index (χ0n) is 16.1. The van der Waals surface area contributed by atoms with Gasteiger partial charge in [0.1, 0.15) is 10.8 Å². The van der Waals surface area contributed by atoms with Gasteiger partial charge in [0.05, 0.1) is 7.11 Å². The van der Waals surface area contributed by atoms with E-state index in [9.17, 15) is 9.59 Å². The van der Waals surface area contributed by atoms with Crippen molar-refractivity contribution in [1.29, 1.82) is 0 Å². The Kier molecular flexibility index (Phi) is 5.26. The first-order valence-corrected chi connectivity index (χ1v) is 10.0. The summed E-state index contributed by atoms with van der Waals surface area (Å²) >= 11 is 1.31. The number of amides is 2. The minimum Gasteiger partial charge on any atom is -0.497 e. The van der Waals surface area contributed by atoms with Crippen molar-refractivity contribution >= 4 is 34.0 Å². The standard InChI is InChI=1S/C21H20N4O3S/c1-13-5-3-4-6-17(13)19(27)22-21-24-23-20(29-21)14-11-18(26)25(12-14)15-7-9-16(28-2)10-8-15/h3-10,14H,11-12H2,1-2H3,(H,22,24,27). The summed E-state index contributed by atoms with van der Waals surface area (Å²) in [6.07, 6.45) is 0.367. The van der Waals surface area contributed by atoms with Gasteiger partial charge in [0.25, 0.3) is 5.91 Å². The lowest BCUT2D eigenvalue weighted by Crippen LogP contribution is -2.24. The number of hydrogen-bond acceptors (Lipinski definition) is 6. The zero-order chi connectivity index (χ0) is 20.4. The molecule has 0 radical (unpaired) electrons. The van der Waals surface area contributed by atoms with Crippen LogP contribution in [0.2, 0.25) is 0 Å². The van der Waals surface area contributed by atoms with Gasteiger partial charge < -0.3 is 9.64 Å². The summed E-state index contributed by atoms with van der Waals surface area (Å²) in [6.45, 7) is 2.42. The van der Waals surface area contributed by atoms with Crippen LogP contribution in [0.15, 0.2) is 48.5 Å². The predicted molar refractivity (Wildman–Crippen MR) is 112 cm³/mol. The van der Waals surface area contributed by atoms with Crippen LogP contribution in [0.4, 0.5) is 10.8 Å². The molecule has 2 aromatic carbocycles. The molecule has 1 fully saturated rings. The molecule has 29 heavy (non-hydrogen) atoms. The van der Waals surface area contributed by atoms with E-state index in [1.807, 2.05) is 49.4 Å². The van der Waals surface area contributed by atoms with Crippen molar-refractivity contribution in [2.45, 2.75) is 19.3 Å². The second kappa shape index (κ2) is 8.00. The molecule has 8 heteroatoms. The Morgan fingerprint density at radius 2 is 1.93 bits per heavy atom. The van der Waals surface area contributed by atoms with Gasteiger partial charge in [0, 0.05) is 30.1 Å². The highest BCUT2D eigenvalue weighted by atomic mass is 32.1. The highest BCUT2D eigenvalue weighted by Gasteiger charge is 2.34. The SMILES string of the molecule is COc1ccc(N2CC(c3nnc(NC(=O)c4ccccc4C)s3)CC2=O)cc1. The van der Waals surface area contributed by atoms with E-state index in [1.165, 1.54) is 11.3 Å². The molecule has 148 valence electrons. The first-order valence-electron chi connectivity index (χ1n) is 9.20. The Morgan fingerprint density at radius 1 is 1.17 bits per heavy atom. The van der Waals surface area contributed by atoms with Gasteiger partial charge in [-0.3, -0.25) is 14.9 Å². The van der Waals surface area contributed by atoms with Crippen LogP contribution in [0, 0.1) is 6.92 Å². The Balaban J connectivity index is 1.45.